The average Bonchev–Trinajstić information content (AvgIpc) is 2.33. The molecule has 0 radical (unpaired) electrons. The van der Waals surface area contributed by atoms with Gasteiger partial charge in [0, 0.05) is 6.42 Å². The summed E-state index contributed by atoms with van der Waals surface area (Å²) in [4.78, 5) is 10.8. The summed E-state index contributed by atoms with van der Waals surface area (Å²) in [6, 6.07) is 2.67. The molecule has 0 saturated heterocycles. The van der Waals surface area contributed by atoms with Crippen LogP contribution >= 0.6 is 0 Å². The van der Waals surface area contributed by atoms with Crippen molar-refractivity contribution in [3.63, 3.8) is 0 Å². The second-order valence-corrected chi connectivity index (χ2v) is 4.01. The van der Waals surface area contributed by atoms with E-state index in [0.29, 0.717) is 12.4 Å². The molecule has 0 aliphatic rings. The number of hydrogen-bond donors (Lipinski definition) is 2. The molecule has 0 spiro atoms. The molecule has 0 aromatic heterocycles. The zero-order valence-electron chi connectivity index (χ0n) is 10.9. The predicted octanol–water partition coefficient (Wildman–Crippen LogP) is 1.36. The van der Waals surface area contributed by atoms with Crippen molar-refractivity contribution in [2.75, 3.05) is 13.7 Å². The lowest BCUT2D eigenvalue weighted by molar-refractivity contribution is -0.138. The van der Waals surface area contributed by atoms with Crippen LogP contribution in [0.2, 0.25) is 0 Å². The Labute approximate surface area is 107 Å². The number of ether oxygens (including phenoxy) is 2. The third-order valence-corrected chi connectivity index (χ3v) is 2.63. The highest BCUT2D eigenvalue weighted by Crippen LogP contribution is 2.29. The maximum Gasteiger partial charge on any atom is 0.320 e. The monoisotopic (exact) mass is 253 g/mol. The number of nitrogens with two attached hydrogens (primary N) is 1. The molecular weight excluding hydrogens is 234 g/mol. The maximum absolute atomic E-state index is 10.8. The van der Waals surface area contributed by atoms with Gasteiger partial charge in [-0.2, -0.15) is 0 Å². The van der Waals surface area contributed by atoms with Crippen molar-refractivity contribution in [2.24, 2.45) is 5.73 Å². The van der Waals surface area contributed by atoms with Crippen LogP contribution in [0.4, 0.5) is 0 Å². The van der Waals surface area contributed by atoms with Gasteiger partial charge in [0.05, 0.1) is 13.7 Å². The number of aryl methyl sites for hydroxylation is 1. The zero-order valence-corrected chi connectivity index (χ0v) is 10.9. The minimum absolute atomic E-state index is 0.207. The van der Waals surface area contributed by atoms with Crippen molar-refractivity contribution in [1.29, 1.82) is 0 Å². The number of carboxylic acids is 1. The molecule has 1 aromatic rings. The normalized spacial score (nSPS) is 12.0. The standard InChI is InChI=1S/C13H19NO4/c1-4-18-11-7-9(6-10(14)13(15)16)12(17-3)5-8(11)2/h5,7,10H,4,6,14H2,1-3H3,(H,15,16). The Hall–Kier alpha value is -1.75. The predicted molar refractivity (Wildman–Crippen MR) is 68.2 cm³/mol. The van der Waals surface area contributed by atoms with Crippen LogP contribution in [0.3, 0.4) is 0 Å². The Bertz CT molecular complexity index is 431. The number of carbonyl (C=O) groups is 1. The van der Waals surface area contributed by atoms with Crippen LogP contribution in [-0.4, -0.2) is 30.8 Å². The van der Waals surface area contributed by atoms with Gasteiger partial charge in [-0.1, -0.05) is 0 Å². The Morgan fingerprint density at radius 1 is 1.44 bits per heavy atom. The van der Waals surface area contributed by atoms with Crippen molar-refractivity contribution >= 4 is 5.97 Å². The highest BCUT2D eigenvalue weighted by atomic mass is 16.5. The van der Waals surface area contributed by atoms with Crippen molar-refractivity contribution in [2.45, 2.75) is 26.3 Å². The molecule has 0 aliphatic carbocycles. The summed E-state index contributed by atoms with van der Waals surface area (Å²) in [6.45, 7) is 4.36. The van der Waals surface area contributed by atoms with E-state index in [1.165, 1.54) is 0 Å². The Balaban J connectivity index is 3.07. The number of benzene rings is 1. The molecule has 1 unspecified atom stereocenters. The van der Waals surface area contributed by atoms with Crippen LogP contribution in [0.5, 0.6) is 11.5 Å². The van der Waals surface area contributed by atoms with Crippen LogP contribution in [0.15, 0.2) is 12.1 Å². The van der Waals surface area contributed by atoms with E-state index in [-0.39, 0.29) is 6.42 Å². The van der Waals surface area contributed by atoms with Crippen LogP contribution in [-0.2, 0) is 11.2 Å². The molecule has 5 heteroatoms. The molecule has 1 rings (SSSR count). The number of hydrogen-bond acceptors (Lipinski definition) is 4. The minimum Gasteiger partial charge on any atom is -0.496 e. The molecule has 0 amide bonds. The highest BCUT2D eigenvalue weighted by Gasteiger charge is 2.16. The summed E-state index contributed by atoms with van der Waals surface area (Å²) < 4.78 is 10.7. The summed E-state index contributed by atoms with van der Waals surface area (Å²) >= 11 is 0. The molecule has 18 heavy (non-hydrogen) atoms. The van der Waals surface area contributed by atoms with E-state index >= 15 is 0 Å². The van der Waals surface area contributed by atoms with Crippen molar-refractivity contribution < 1.29 is 19.4 Å². The van der Waals surface area contributed by atoms with Gasteiger partial charge in [-0.15, -0.1) is 0 Å². The van der Waals surface area contributed by atoms with Crippen molar-refractivity contribution in [3.05, 3.63) is 23.3 Å². The van der Waals surface area contributed by atoms with Gasteiger partial charge in [-0.05, 0) is 37.1 Å². The number of methoxy groups -OCH3 is 1. The number of aliphatic carboxylic acids is 1. The van der Waals surface area contributed by atoms with Gasteiger partial charge in [-0.3, -0.25) is 4.79 Å². The van der Waals surface area contributed by atoms with Gasteiger partial charge in [0.25, 0.3) is 0 Å². The average molecular weight is 253 g/mol. The van der Waals surface area contributed by atoms with Crippen LogP contribution in [0, 0.1) is 6.92 Å². The van der Waals surface area contributed by atoms with E-state index in [2.05, 4.69) is 0 Å². The Morgan fingerprint density at radius 2 is 2.11 bits per heavy atom. The lowest BCUT2D eigenvalue weighted by Gasteiger charge is -2.15. The van der Waals surface area contributed by atoms with Gasteiger partial charge in [0.15, 0.2) is 0 Å². The van der Waals surface area contributed by atoms with Gasteiger partial charge >= 0.3 is 5.97 Å². The van der Waals surface area contributed by atoms with Crippen LogP contribution < -0.4 is 15.2 Å². The molecule has 0 saturated carbocycles. The Morgan fingerprint density at radius 3 is 2.61 bits per heavy atom. The van der Waals surface area contributed by atoms with Gasteiger partial charge in [0.1, 0.15) is 17.5 Å². The quantitative estimate of drug-likeness (QED) is 0.800. The first-order chi connectivity index (χ1) is 8.49. The molecule has 0 heterocycles. The van der Waals surface area contributed by atoms with Crippen molar-refractivity contribution in [3.8, 4) is 11.5 Å². The fraction of sp³-hybridized carbons (Fsp3) is 0.462. The largest absolute Gasteiger partial charge is 0.496 e. The van der Waals surface area contributed by atoms with Crippen LogP contribution in [0.25, 0.3) is 0 Å². The van der Waals surface area contributed by atoms with E-state index in [1.54, 1.807) is 13.2 Å². The number of carboxylic acid groups (broad SMARTS) is 1. The molecule has 5 nitrogen and oxygen atoms in total. The van der Waals surface area contributed by atoms with Gasteiger partial charge < -0.3 is 20.3 Å². The smallest absolute Gasteiger partial charge is 0.320 e. The fourth-order valence-electron chi connectivity index (χ4n) is 1.69. The maximum atomic E-state index is 10.8. The summed E-state index contributed by atoms with van der Waals surface area (Å²) in [6.07, 6.45) is 0.207. The molecule has 0 fully saturated rings. The van der Waals surface area contributed by atoms with E-state index < -0.39 is 12.0 Å². The summed E-state index contributed by atoms with van der Waals surface area (Å²) in [7, 11) is 1.55. The second kappa shape index (κ2) is 6.26. The van der Waals surface area contributed by atoms with Crippen LogP contribution in [0.1, 0.15) is 18.1 Å². The summed E-state index contributed by atoms with van der Waals surface area (Å²) in [5.74, 6) is 0.328. The topological polar surface area (TPSA) is 81.8 Å². The zero-order chi connectivity index (χ0) is 13.7. The molecular formula is C13H19NO4. The third-order valence-electron chi connectivity index (χ3n) is 2.63. The third kappa shape index (κ3) is 3.37. The molecule has 1 atom stereocenters. The molecule has 0 aliphatic heterocycles. The first-order valence-corrected chi connectivity index (χ1v) is 5.78. The highest BCUT2D eigenvalue weighted by molar-refractivity contribution is 5.73. The summed E-state index contributed by atoms with van der Waals surface area (Å²) in [5.41, 5.74) is 7.22. The van der Waals surface area contributed by atoms with E-state index in [1.807, 2.05) is 19.9 Å². The van der Waals surface area contributed by atoms with E-state index in [0.717, 1.165) is 16.9 Å². The SMILES string of the molecule is CCOc1cc(CC(N)C(=O)O)c(OC)cc1C. The first-order valence-electron chi connectivity index (χ1n) is 5.78. The van der Waals surface area contributed by atoms with Crippen molar-refractivity contribution in [1.82, 2.24) is 0 Å². The van der Waals surface area contributed by atoms with E-state index in [4.69, 9.17) is 20.3 Å². The first kappa shape index (κ1) is 14.3. The molecule has 100 valence electrons. The Kier molecular flexibility index (Phi) is 4.97. The fourth-order valence-corrected chi connectivity index (χ4v) is 1.69. The lowest BCUT2D eigenvalue weighted by atomic mass is 10.0. The second-order valence-electron chi connectivity index (χ2n) is 4.01. The molecule has 0 bridgehead atoms. The summed E-state index contributed by atoms with van der Waals surface area (Å²) in [5, 5.41) is 8.84. The lowest BCUT2D eigenvalue weighted by Crippen LogP contribution is -2.32. The van der Waals surface area contributed by atoms with E-state index in [9.17, 15) is 4.79 Å². The number of rotatable bonds is 6. The van der Waals surface area contributed by atoms with Gasteiger partial charge in [0.2, 0.25) is 0 Å². The molecule has 3 N–H and O–H groups in total. The minimum atomic E-state index is -1.03. The van der Waals surface area contributed by atoms with Gasteiger partial charge in [-0.25, -0.2) is 0 Å². The molecule has 1 aromatic carbocycles.